The number of likely N-dealkylation sites (N-methyl/N-ethyl adjacent to an activating group) is 1. The molecular formula is C47H56ClN5O10. The van der Waals surface area contributed by atoms with E-state index in [-0.39, 0.29) is 24.9 Å². The lowest BCUT2D eigenvalue weighted by molar-refractivity contribution is -0.143. The van der Waals surface area contributed by atoms with Gasteiger partial charge in [-0.25, -0.2) is 9.59 Å². The topological polar surface area (TPSA) is 202 Å². The fraction of sp³-hybridized carbons (Fsp3) is 0.362. The Morgan fingerprint density at radius 3 is 1.81 bits per heavy atom. The number of benzene rings is 4. The Labute approximate surface area is 372 Å². The summed E-state index contributed by atoms with van der Waals surface area (Å²) in [6, 6.07) is 22.3. The smallest absolute Gasteiger partial charge is 0.407 e. The minimum atomic E-state index is -1.32. The maximum Gasteiger partial charge on any atom is 0.407 e. The molecule has 63 heavy (non-hydrogen) atoms. The quantitative estimate of drug-likeness (QED) is 0.0625. The van der Waals surface area contributed by atoms with E-state index in [0.29, 0.717) is 40.5 Å². The highest BCUT2D eigenvalue weighted by Gasteiger charge is 2.35. The molecule has 0 unspecified atom stereocenters. The Morgan fingerprint density at radius 1 is 0.714 bits per heavy atom. The van der Waals surface area contributed by atoms with Crippen molar-refractivity contribution in [2.45, 2.75) is 83.1 Å². The van der Waals surface area contributed by atoms with Crippen molar-refractivity contribution in [1.82, 2.24) is 26.2 Å². The number of carboxylic acids is 1. The number of carbonyl (C=O) groups is 6. The molecule has 5 amide bonds. The van der Waals surface area contributed by atoms with E-state index in [1.165, 1.54) is 33.1 Å². The largest absolute Gasteiger partial charge is 0.497 e. The molecule has 4 rings (SSSR count). The molecule has 0 fully saturated rings. The van der Waals surface area contributed by atoms with Crippen molar-refractivity contribution in [2.24, 2.45) is 0 Å². The van der Waals surface area contributed by atoms with Crippen LogP contribution in [0.4, 0.5) is 4.79 Å². The highest BCUT2D eigenvalue weighted by molar-refractivity contribution is 6.30. The molecule has 0 saturated carbocycles. The van der Waals surface area contributed by atoms with E-state index in [2.05, 4.69) is 21.3 Å². The lowest BCUT2D eigenvalue weighted by Gasteiger charge is -2.32. The number of nitrogens with zero attached hydrogens (tertiary/aromatic N) is 1. The number of alkyl carbamates (subject to hydrolysis) is 1. The third kappa shape index (κ3) is 15.1. The number of rotatable bonds is 20. The van der Waals surface area contributed by atoms with Crippen molar-refractivity contribution >= 4 is 47.3 Å². The summed E-state index contributed by atoms with van der Waals surface area (Å²) >= 11 is 6.05. The van der Waals surface area contributed by atoms with E-state index in [9.17, 15) is 33.9 Å². The molecule has 0 aliphatic carbocycles. The second kappa shape index (κ2) is 23.0. The Bertz CT molecular complexity index is 2180. The van der Waals surface area contributed by atoms with Crippen molar-refractivity contribution in [3.05, 3.63) is 119 Å². The standard InChI is InChI=1S/C47H56ClN5O10/c1-29(41(54)52-39(45(58)59)28-30-11-23-36(61-6)24-12-30)50-43(56)40(33-19-25-37(62-7)26-20-33)53(5)44(57)38(10-8-9-27-49-46(60)63-47(2,3)4)51-42(55)34-15-13-31(14-16-34)32-17-21-35(48)22-18-32/h11-26,29,38-40H,8-10,27-28H2,1-7H3,(H,49,60)(H,50,56)(H,51,55)(H,52,54)(H,58,59)/t29-,38-,39-,40-/m0/s1. The number of methoxy groups -OCH3 is 2. The fourth-order valence-electron chi connectivity index (χ4n) is 6.50. The van der Waals surface area contributed by atoms with Gasteiger partial charge in [-0.05, 0) is 118 Å². The summed E-state index contributed by atoms with van der Waals surface area (Å²) in [5, 5.41) is 21.2. The van der Waals surface area contributed by atoms with E-state index in [1.54, 1.807) is 106 Å². The van der Waals surface area contributed by atoms with Gasteiger partial charge in [-0.3, -0.25) is 19.2 Å². The SMILES string of the molecule is COc1ccc(C[C@H](NC(=O)[C@H](C)NC(=O)[C@H](c2ccc(OC)cc2)N(C)C(=O)[C@H](CCCCNC(=O)OC(C)(C)C)NC(=O)c2ccc(-c3ccc(Cl)cc3)cc2)C(=O)O)cc1. The molecule has 0 heterocycles. The maximum atomic E-state index is 14.6. The zero-order chi connectivity index (χ0) is 46.3. The second-order valence-electron chi connectivity index (χ2n) is 15.8. The van der Waals surface area contributed by atoms with Crippen LogP contribution >= 0.6 is 11.6 Å². The van der Waals surface area contributed by atoms with Gasteiger partial charge in [-0.1, -0.05) is 60.1 Å². The number of hydrogen-bond acceptors (Lipinski definition) is 9. The lowest BCUT2D eigenvalue weighted by atomic mass is 10.0. The van der Waals surface area contributed by atoms with Crippen LogP contribution in [0.3, 0.4) is 0 Å². The number of hydrogen-bond donors (Lipinski definition) is 5. The third-order valence-corrected chi connectivity index (χ3v) is 10.1. The van der Waals surface area contributed by atoms with E-state index >= 15 is 0 Å². The maximum absolute atomic E-state index is 14.6. The Hall–Kier alpha value is -6.61. The van der Waals surface area contributed by atoms with Crippen molar-refractivity contribution < 1.29 is 48.1 Å². The summed E-state index contributed by atoms with van der Waals surface area (Å²) in [6.45, 7) is 6.90. The van der Waals surface area contributed by atoms with Crippen LogP contribution < -0.4 is 30.7 Å². The molecule has 4 aromatic carbocycles. The van der Waals surface area contributed by atoms with E-state index < -0.39 is 65.5 Å². The van der Waals surface area contributed by atoms with Crippen LogP contribution in [-0.4, -0.2) is 97.2 Å². The molecule has 16 heteroatoms. The number of aliphatic carboxylic acids is 1. The molecule has 15 nitrogen and oxygen atoms in total. The van der Waals surface area contributed by atoms with Gasteiger partial charge in [0.15, 0.2) is 0 Å². The molecule has 5 N–H and O–H groups in total. The predicted octanol–water partition coefficient (Wildman–Crippen LogP) is 6.33. The number of nitrogens with one attached hydrogen (secondary N) is 4. The van der Waals surface area contributed by atoms with Crippen molar-refractivity contribution in [1.29, 1.82) is 0 Å². The monoisotopic (exact) mass is 885 g/mol. The van der Waals surface area contributed by atoms with Crippen LogP contribution in [0.1, 0.15) is 74.5 Å². The van der Waals surface area contributed by atoms with Crippen molar-refractivity contribution in [2.75, 3.05) is 27.8 Å². The van der Waals surface area contributed by atoms with Gasteiger partial charge in [-0.2, -0.15) is 0 Å². The highest BCUT2D eigenvalue weighted by atomic mass is 35.5. The molecule has 4 atom stereocenters. The van der Waals surface area contributed by atoms with Crippen LogP contribution in [0.15, 0.2) is 97.1 Å². The second-order valence-corrected chi connectivity index (χ2v) is 16.3. The summed E-state index contributed by atoms with van der Waals surface area (Å²) in [4.78, 5) is 81.6. The lowest BCUT2D eigenvalue weighted by Crippen LogP contribution is -2.54. The average Bonchev–Trinajstić information content (AvgIpc) is 3.25. The fourth-order valence-corrected chi connectivity index (χ4v) is 6.62. The Balaban J connectivity index is 1.55. The summed E-state index contributed by atoms with van der Waals surface area (Å²) in [6.07, 6.45) is 0.330. The van der Waals surface area contributed by atoms with Gasteiger partial charge in [-0.15, -0.1) is 0 Å². The number of carboxylic acid groups (broad SMARTS) is 1. The van der Waals surface area contributed by atoms with E-state index in [0.717, 1.165) is 11.1 Å². The predicted molar refractivity (Wildman–Crippen MR) is 239 cm³/mol. The van der Waals surface area contributed by atoms with Crippen LogP contribution in [-0.2, 0) is 30.3 Å². The van der Waals surface area contributed by atoms with Crippen LogP contribution in [0.5, 0.6) is 11.5 Å². The summed E-state index contributed by atoms with van der Waals surface area (Å²) in [5.41, 5.74) is 2.35. The first-order valence-corrected chi connectivity index (χ1v) is 20.8. The molecule has 0 saturated heterocycles. The number of unbranched alkanes of at least 4 members (excludes halogenated alkanes) is 1. The van der Waals surface area contributed by atoms with Gasteiger partial charge in [0.1, 0.15) is 41.3 Å². The van der Waals surface area contributed by atoms with Gasteiger partial charge in [0, 0.05) is 30.6 Å². The normalized spacial score (nSPS) is 13.0. The van der Waals surface area contributed by atoms with Gasteiger partial charge in [0.2, 0.25) is 17.7 Å². The molecule has 4 aromatic rings. The zero-order valence-corrected chi connectivity index (χ0v) is 37.3. The van der Waals surface area contributed by atoms with Crippen LogP contribution in [0, 0.1) is 0 Å². The first kappa shape index (κ1) is 49.0. The van der Waals surface area contributed by atoms with E-state index in [4.69, 9.17) is 25.8 Å². The van der Waals surface area contributed by atoms with Crippen molar-refractivity contribution in [3.63, 3.8) is 0 Å². The van der Waals surface area contributed by atoms with Crippen LogP contribution in [0.2, 0.25) is 5.02 Å². The average molecular weight is 886 g/mol. The molecule has 0 aromatic heterocycles. The molecular weight excluding hydrogens is 830 g/mol. The molecule has 0 aliphatic heterocycles. The van der Waals surface area contributed by atoms with Gasteiger partial charge < -0.3 is 45.5 Å². The van der Waals surface area contributed by atoms with E-state index in [1.807, 2.05) is 12.1 Å². The zero-order valence-electron chi connectivity index (χ0n) is 36.5. The van der Waals surface area contributed by atoms with Gasteiger partial charge in [0.25, 0.3) is 5.91 Å². The molecule has 0 bridgehead atoms. The van der Waals surface area contributed by atoms with Crippen LogP contribution in [0.25, 0.3) is 11.1 Å². The molecule has 0 spiro atoms. The van der Waals surface area contributed by atoms with Crippen molar-refractivity contribution in [3.8, 4) is 22.6 Å². The Kier molecular flexibility index (Phi) is 17.9. The highest BCUT2D eigenvalue weighted by Crippen LogP contribution is 2.26. The first-order valence-electron chi connectivity index (χ1n) is 20.4. The summed E-state index contributed by atoms with van der Waals surface area (Å²) in [5.74, 6) is -2.85. The number of halogens is 1. The minimum absolute atomic E-state index is 0.0336. The molecule has 0 radical (unpaired) electrons. The summed E-state index contributed by atoms with van der Waals surface area (Å²) in [7, 11) is 4.41. The van der Waals surface area contributed by atoms with Gasteiger partial charge in [0.05, 0.1) is 14.2 Å². The Morgan fingerprint density at radius 2 is 1.27 bits per heavy atom. The first-order chi connectivity index (χ1) is 29.9. The molecule has 336 valence electrons. The summed E-state index contributed by atoms with van der Waals surface area (Å²) < 4.78 is 15.8. The number of ether oxygens (including phenoxy) is 3. The third-order valence-electron chi connectivity index (χ3n) is 9.90. The molecule has 0 aliphatic rings. The number of carbonyl (C=O) groups excluding carboxylic acids is 5. The van der Waals surface area contributed by atoms with Gasteiger partial charge >= 0.3 is 12.1 Å². The number of amides is 5. The minimum Gasteiger partial charge on any atom is -0.497 e.